The van der Waals surface area contributed by atoms with Crippen LogP contribution in [0.2, 0.25) is 0 Å². The third kappa shape index (κ3) is 3.85. The molecule has 0 aliphatic carbocycles. The van der Waals surface area contributed by atoms with Gasteiger partial charge >= 0.3 is 0 Å². The van der Waals surface area contributed by atoms with Gasteiger partial charge in [0.15, 0.2) is 5.82 Å². The average molecular weight is 403 g/mol. The number of benzene rings is 1. The van der Waals surface area contributed by atoms with Gasteiger partial charge in [0.25, 0.3) is 0 Å². The number of nitrogens with one attached hydrogen (secondary N) is 1. The van der Waals surface area contributed by atoms with E-state index in [1.54, 1.807) is 23.8 Å². The standard InChI is InChI=1S/C19H22FN5O2S/c1-27-11-8-15(26)21-17-16(13-6-5-7-14(20)12-13)22-18-25(17)23-19(28-18)24-9-3-2-4-10-24/h5-7,12H,2-4,8-11H2,1H3,(H,21,26). The van der Waals surface area contributed by atoms with Crippen LogP contribution in [0.25, 0.3) is 16.2 Å². The molecule has 1 aliphatic rings. The van der Waals surface area contributed by atoms with E-state index in [4.69, 9.17) is 9.84 Å². The zero-order chi connectivity index (χ0) is 19.5. The molecule has 1 aliphatic heterocycles. The Balaban J connectivity index is 1.73. The van der Waals surface area contributed by atoms with Gasteiger partial charge in [-0.05, 0) is 31.4 Å². The van der Waals surface area contributed by atoms with Crippen molar-refractivity contribution in [2.75, 3.05) is 37.0 Å². The molecule has 1 aromatic carbocycles. The molecule has 0 bridgehead atoms. The molecule has 7 nitrogen and oxygen atoms in total. The average Bonchev–Trinajstić information content (AvgIpc) is 3.26. The number of hydrogen-bond donors (Lipinski definition) is 1. The molecule has 4 rings (SSSR count). The second kappa shape index (κ2) is 8.24. The fourth-order valence-electron chi connectivity index (χ4n) is 3.29. The number of methoxy groups -OCH3 is 1. The Labute approximate surface area is 166 Å². The molecule has 0 radical (unpaired) electrons. The molecule has 3 heterocycles. The molecule has 148 valence electrons. The van der Waals surface area contributed by atoms with E-state index in [0.29, 0.717) is 28.6 Å². The van der Waals surface area contributed by atoms with E-state index in [9.17, 15) is 9.18 Å². The van der Waals surface area contributed by atoms with Crippen molar-refractivity contribution in [1.82, 2.24) is 14.6 Å². The van der Waals surface area contributed by atoms with Crippen LogP contribution in [0.4, 0.5) is 15.3 Å². The van der Waals surface area contributed by atoms with Crippen LogP contribution in [-0.2, 0) is 9.53 Å². The molecule has 0 atom stereocenters. The Hall–Kier alpha value is -2.52. The van der Waals surface area contributed by atoms with Crippen LogP contribution in [0, 0.1) is 5.82 Å². The van der Waals surface area contributed by atoms with E-state index >= 15 is 0 Å². The second-order valence-corrected chi connectivity index (χ2v) is 7.67. The normalized spacial score (nSPS) is 14.6. The van der Waals surface area contributed by atoms with Crippen LogP contribution in [-0.4, -0.2) is 47.3 Å². The predicted molar refractivity (Wildman–Crippen MR) is 107 cm³/mol. The summed E-state index contributed by atoms with van der Waals surface area (Å²) in [6, 6.07) is 6.18. The molecule has 9 heteroatoms. The number of amides is 1. The van der Waals surface area contributed by atoms with Crippen LogP contribution in [0.1, 0.15) is 25.7 Å². The van der Waals surface area contributed by atoms with Gasteiger partial charge in [-0.25, -0.2) is 9.37 Å². The number of imidazole rings is 1. The summed E-state index contributed by atoms with van der Waals surface area (Å²) in [4.78, 5) is 19.9. The number of carbonyl (C=O) groups is 1. The molecule has 1 N–H and O–H groups in total. The summed E-state index contributed by atoms with van der Waals surface area (Å²) in [5.74, 6) is -0.0949. The quantitative estimate of drug-likeness (QED) is 0.681. The number of piperidine rings is 1. The van der Waals surface area contributed by atoms with E-state index in [-0.39, 0.29) is 18.1 Å². The molecule has 1 amide bonds. The van der Waals surface area contributed by atoms with Gasteiger partial charge in [-0.3, -0.25) is 4.79 Å². The lowest BCUT2D eigenvalue weighted by Gasteiger charge is -2.25. The highest BCUT2D eigenvalue weighted by atomic mass is 32.1. The van der Waals surface area contributed by atoms with Crippen LogP contribution in [0.3, 0.4) is 0 Å². The summed E-state index contributed by atoms with van der Waals surface area (Å²) in [5, 5.41) is 8.47. The van der Waals surface area contributed by atoms with Crippen molar-refractivity contribution in [3.05, 3.63) is 30.1 Å². The van der Waals surface area contributed by atoms with Crippen molar-refractivity contribution in [1.29, 1.82) is 0 Å². The topological polar surface area (TPSA) is 71.8 Å². The largest absolute Gasteiger partial charge is 0.384 e. The SMILES string of the molecule is COCCC(=O)Nc1c(-c2cccc(F)c2)nc2sc(N3CCCCC3)nn12. The second-order valence-electron chi connectivity index (χ2n) is 6.74. The number of fused-ring (bicyclic) bond motifs is 1. The van der Waals surface area contributed by atoms with E-state index in [2.05, 4.69) is 15.2 Å². The van der Waals surface area contributed by atoms with Crippen molar-refractivity contribution in [3.63, 3.8) is 0 Å². The fourth-order valence-corrected chi connectivity index (χ4v) is 4.24. The molecule has 28 heavy (non-hydrogen) atoms. The van der Waals surface area contributed by atoms with Crippen LogP contribution in [0.15, 0.2) is 24.3 Å². The Morgan fingerprint density at radius 2 is 2.14 bits per heavy atom. The molecule has 0 saturated carbocycles. The number of anilines is 2. The first-order chi connectivity index (χ1) is 13.7. The van der Waals surface area contributed by atoms with Crippen LogP contribution >= 0.6 is 11.3 Å². The maximum atomic E-state index is 13.7. The minimum Gasteiger partial charge on any atom is -0.384 e. The Kier molecular flexibility index (Phi) is 5.54. The van der Waals surface area contributed by atoms with E-state index in [0.717, 1.165) is 31.1 Å². The first-order valence-electron chi connectivity index (χ1n) is 9.35. The number of nitrogens with zero attached hydrogens (tertiary/aromatic N) is 4. The summed E-state index contributed by atoms with van der Waals surface area (Å²) in [6.07, 6.45) is 3.76. The maximum absolute atomic E-state index is 13.7. The number of carbonyl (C=O) groups excluding carboxylic acids is 1. The Morgan fingerprint density at radius 1 is 1.32 bits per heavy atom. The van der Waals surface area contributed by atoms with Gasteiger partial charge in [0.2, 0.25) is 16.0 Å². The van der Waals surface area contributed by atoms with Gasteiger partial charge in [-0.2, -0.15) is 4.52 Å². The third-order valence-electron chi connectivity index (χ3n) is 4.71. The molecular formula is C19H22FN5O2S. The number of aromatic nitrogens is 3. The Morgan fingerprint density at radius 3 is 2.89 bits per heavy atom. The van der Waals surface area contributed by atoms with Gasteiger partial charge in [0.1, 0.15) is 11.5 Å². The van der Waals surface area contributed by atoms with Crippen molar-refractivity contribution in [2.24, 2.45) is 0 Å². The number of halogens is 1. The number of rotatable bonds is 6. The molecule has 1 fully saturated rings. The Bertz CT molecular complexity index is 980. The third-order valence-corrected chi connectivity index (χ3v) is 5.68. The smallest absolute Gasteiger partial charge is 0.227 e. The highest BCUT2D eigenvalue weighted by Gasteiger charge is 2.22. The lowest BCUT2D eigenvalue weighted by atomic mass is 10.1. The van der Waals surface area contributed by atoms with E-state index in [1.807, 2.05) is 0 Å². The lowest BCUT2D eigenvalue weighted by Crippen LogP contribution is -2.29. The van der Waals surface area contributed by atoms with Gasteiger partial charge in [0, 0.05) is 25.8 Å². The summed E-state index contributed by atoms with van der Waals surface area (Å²) in [7, 11) is 1.55. The van der Waals surface area contributed by atoms with Gasteiger partial charge in [0.05, 0.1) is 13.0 Å². The molecule has 3 aromatic rings. The maximum Gasteiger partial charge on any atom is 0.227 e. The molecule has 0 spiro atoms. The number of hydrogen-bond acceptors (Lipinski definition) is 6. The van der Waals surface area contributed by atoms with Crippen molar-refractivity contribution in [2.45, 2.75) is 25.7 Å². The van der Waals surface area contributed by atoms with Gasteiger partial charge in [-0.1, -0.05) is 23.5 Å². The minimum atomic E-state index is -0.354. The summed E-state index contributed by atoms with van der Waals surface area (Å²) in [6.45, 7) is 2.27. The van der Waals surface area contributed by atoms with Crippen molar-refractivity contribution >= 4 is 33.2 Å². The molecule has 2 aromatic heterocycles. The first kappa shape index (κ1) is 18.8. The van der Waals surface area contributed by atoms with Gasteiger partial charge in [-0.15, -0.1) is 5.10 Å². The predicted octanol–water partition coefficient (Wildman–Crippen LogP) is 3.56. The fraction of sp³-hybridized carbons (Fsp3) is 0.421. The summed E-state index contributed by atoms with van der Waals surface area (Å²) < 4.78 is 20.4. The van der Waals surface area contributed by atoms with Crippen molar-refractivity contribution in [3.8, 4) is 11.3 Å². The minimum absolute atomic E-state index is 0.200. The van der Waals surface area contributed by atoms with Crippen molar-refractivity contribution < 1.29 is 13.9 Å². The highest BCUT2D eigenvalue weighted by Crippen LogP contribution is 2.34. The molecule has 1 saturated heterocycles. The van der Waals surface area contributed by atoms with Gasteiger partial charge < -0.3 is 15.0 Å². The molecule has 0 unspecified atom stereocenters. The summed E-state index contributed by atoms with van der Waals surface area (Å²) >= 11 is 1.48. The van der Waals surface area contributed by atoms with E-state index < -0.39 is 0 Å². The molecular weight excluding hydrogens is 381 g/mol. The van der Waals surface area contributed by atoms with Crippen LogP contribution < -0.4 is 10.2 Å². The van der Waals surface area contributed by atoms with Crippen LogP contribution in [0.5, 0.6) is 0 Å². The highest BCUT2D eigenvalue weighted by molar-refractivity contribution is 7.20. The zero-order valence-electron chi connectivity index (χ0n) is 15.7. The summed E-state index contributed by atoms with van der Waals surface area (Å²) in [5.41, 5.74) is 1.11. The zero-order valence-corrected chi connectivity index (χ0v) is 16.5. The van der Waals surface area contributed by atoms with E-state index in [1.165, 1.54) is 29.9 Å². The monoisotopic (exact) mass is 403 g/mol. The number of ether oxygens (including phenoxy) is 1. The lowest BCUT2D eigenvalue weighted by molar-refractivity contribution is -0.117. The first-order valence-corrected chi connectivity index (χ1v) is 10.2.